The summed E-state index contributed by atoms with van der Waals surface area (Å²) in [7, 11) is -4.44. The lowest BCUT2D eigenvalue weighted by Gasteiger charge is -2.40. The van der Waals surface area contributed by atoms with Crippen LogP contribution in [0.3, 0.4) is 0 Å². The van der Waals surface area contributed by atoms with E-state index in [4.69, 9.17) is 11.6 Å². The van der Waals surface area contributed by atoms with E-state index in [9.17, 15) is 31.1 Å². The SMILES string of the molecule is C/C(=C\c1ccc2c(c1)N(S(=O)(=O)c1cccc(C(F)(F)F)c1)[C@H](C)[C@H](CO)C2)c1c(F)cccc1Cl. The second-order valence-corrected chi connectivity index (χ2v) is 11.2. The molecule has 1 aliphatic heterocycles. The van der Waals surface area contributed by atoms with Crippen LogP contribution in [0.5, 0.6) is 0 Å². The molecule has 0 radical (unpaired) electrons. The highest BCUT2D eigenvalue weighted by Gasteiger charge is 2.40. The molecule has 3 aromatic carbocycles. The number of alkyl halides is 3. The van der Waals surface area contributed by atoms with Gasteiger partial charge in [-0.15, -0.1) is 0 Å². The number of aliphatic hydroxyl groups is 1. The largest absolute Gasteiger partial charge is 0.416 e. The van der Waals surface area contributed by atoms with Crippen molar-refractivity contribution in [1.29, 1.82) is 0 Å². The Morgan fingerprint density at radius 3 is 2.49 bits per heavy atom. The van der Waals surface area contributed by atoms with E-state index in [1.54, 1.807) is 44.2 Å². The van der Waals surface area contributed by atoms with Crippen molar-refractivity contribution in [3.05, 3.63) is 93.8 Å². The summed E-state index contributed by atoms with van der Waals surface area (Å²) in [6.45, 7) is 2.98. The molecule has 196 valence electrons. The molecule has 0 saturated carbocycles. The third-order valence-corrected chi connectivity index (χ3v) is 8.79. The summed E-state index contributed by atoms with van der Waals surface area (Å²) in [4.78, 5) is -0.506. The third-order valence-electron chi connectivity index (χ3n) is 6.57. The first kappa shape index (κ1) is 27.2. The minimum atomic E-state index is -4.71. The lowest BCUT2D eigenvalue weighted by atomic mass is 9.88. The van der Waals surface area contributed by atoms with Crippen molar-refractivity contribution in [2.75, 3.05) is 10.9 Å². The molecule has 0 bridgehead atoms. The summed E-state index contributed by atoms with van der Waals surface area (Å²) < 4.78 is 82.9. The Balaban J connectivity index is 1.85. The highest BCUT2D eigenvalue weighted by molar-refractivity contribution is 7.92. The quantitative estimate of drug-likeness (QED) is 0.279. The Kier molecular flexibility index (Phi) is 7.43. The maximum Gasteiger partial charge on any atom is 0.416 e. The van der Waals surface area contributed by atoms with Crippen LogP contribution >= 0.6 is 11.6 Å². The summed E-state index contributed by atoms with van der Waals surface area (Å²) in [6.07, 6.45) is -2.68. The van der Waals surface area contributed by atoms with Crippen LogP contribution in [0, 0.1) is 11.7 Å². The summed E-state index contributed by atoms with van der Waals surface area (Å²) >= 11 is 6.18. The van der Waals surface area contributed by atoms with Crippen LogP contribution in [-0.2, 0) is 22.6 Å². The summed E-state index contributed by atoms with van der Waals surface area (Å²) in [5, 5.41) is 10.1. The molecule has 0 aromatic heterocycles. The van der Waals surface area contributed by atoms with Gasteiger partial charge in [-0.3, -0.25) is 4.31 Å². The molecule has 0 amide bonds. The molecule has 3 aromatic rings. The summed E-state index contributed by atoms with van der Waals surface area (Å²) in [5.41, 5.74) is 1.10. The van der Waals surface area contributed by atoms with Gasteiger partial charge in [-0.25, -0.2) is 12.8 Å². The number of benzene rings is 3. The van der Waals surface area contributed by atoms with Crippen molar-refractivity contribution >= 4 is 39.0 Å². The molecule has 0 spiro atoms. The van der Waals surface area contributed by atoms with Gasteiger partial charge in [0.15, 0.2) is 0 Å². The zero-order chi connectivity index (χ0) is 27.1. The second kappa shape index (κ2) is 10.1. The number of rotatable bonds is 5. The molecule has 37 heavy (non-hydrogen) atoms. The molecule has 0 saturated heterocycles. The molecule has 0 unspecified atom stereocenters. The average molecular weight is 554 g/mol. The lowest BCUT2D eigenvalue weighted by molar-refractivity contribution is -0.137. The van der Waals surface area contributed by atoms with Gasteiger partial charge in [0.05, 0.1) is 21.2 Å². The Hall–Kier alpha value is -2.88. The number of fused-ring (bicyclic) bond motifs is 1. The number of nitrogens with zero attached hydrogens (tertiary/aromatic N) is 1. The molecule has 1 N–H and O–H groups in total. The zero-order valence-electron chi connectivity index (χ0n) is 19.9. The Labute approximate surface area is 217 Å². The van der Waals surface area contributed by atoms with Crippen LogP contribution in [0.1, 0.15) is 36.1 Å². The number of anilines is 1. The van der Waals surface area contributed by atoms with Gasteiger partial charge < -0.3 is 5.11 Å². The van der Waals surface area contributed by atoms with Crippen molar-refractivity contribution in [3.63, 3.8) is 0 Å². The number of halogens is 5. The van der Waals surface area contributed by atoms with Gasteiger partial charge in [0.25, 0.3) is 10.0 Å². The van der Waals surface area contributed by atoms with Gasteiger partial charge in [0.2, 0.25) is 0 Å². The van der Waals surface area contributed by atoms with Gasteiger partial charge in [-0.1, -0.05) is 41.9 Å². The molecule has 1 aliphatic rings. The molecule has 0 aliphatic carbocycles. The normalized spacial score (nSPS) is 18.6. The number of allylic oxidation sites excluding steroid dienone is 1. The van der Waals surface area contributed by atoms with E-state index in [-0.39, 0.29) is 22.9 Å². The molecule has 0 fully saturated rings. The maximum atomic E-state index is 14.4. The predicted octanol–water partition coefficient (Wildman–Crippen LogP) is 6.81. The van der Waals surface area contributed by atoms with Crippen molar-refractivity contribution in [1.82, 2.24) is 0 Å². The number of hydrogen-bond acceptors (Lipinski definition) is 3. The fourth-order valence-electron chi connectivity index (χ4n) is 4.62. The van der Waals surface area contributed by atoms with Gasteiger partial charge in [0, 0.05) is 24.1 Å². The van der Waals surface area contributed by atoms with Crippen molar-refractivity contribution in [2.24, 2.45) is 5.92 Å². The first-order valence-corrected chi connectivity index (χ1v) is 13.2. The number of hydrogen-bond donors (Lipinski definition) is 1. The predicted molar refractivity (Wildman–Crippen MR) is 136 cm³/mol. The van der Waals surface area contributed by atoms with Crippen LogP contribution in [0.15, 0.2) is 65.6 Å². The topological polar surface area (TPSA) is 57.6 Å². The third kappa shape index (κ3) is 5.26. The van der Waals surface area contributed by atoms with E-state index in [1.165, 1.54) is 12.1 Å². The van der Waals surface area contributed by atoms with Crippen molar-refractivity contribution in [3.8, 4) is 0 Å². The molecule has 1 heterocycles. The van der Waals surface area contributed by atoms with E-state index in [0.717, 1.165) is 22.5 Å². The first-order valence-electron chi connectivity index (χ1n) is 11.4. The maximum absolute atomic E-state index is 14.4. The Morgan fingerprint density at radius 1 is 1.14 bits per heavy atom. The molecule has 4 rings (SSSR count). The second-order valence-electron chi connectivity index (χ2n) is 9.03. The molecule has 10 heteroatoms. The van der Waals surface area contributed by atoms with E-state index in [2.05, 4.69) is 0 Å². The van der Waals surface area contributed by atoms with E-state index >= 15 is 0 Å². The summed E-state index contributed by atoms with van der Waals surface area (Å²) in [5.74, 6) is -0.971. The van der Waals surface area contributed by atoms with Gasteiger partial charge >= 0.3 is 6.18 Å². The minimum absolute atomic E-state index is 0.212. The fourth-order valence-corrected chi connectivity index (χ4v) is 6.73. The highest BCUT2D eigenvalue weighted by atomic mass is 35.5. The highest BCUT2D eigenvalue weighted by Crippen LogP contribution is 2.40. The van der Waals surface area contributed by atoms with Crippen LogP contribution in [0.2, 0.25) is 5.02 Å². The first-order chi connectivity index (χ1) is 17.3. The van der Waals surface area contributed by atoms with Gasteiger partial charge in [0.1, 0.15) is 5.82 Å². The van der Waals surface area contributed by atoms with Crippen molar-refractivity contribution < 1.29 is 31.1 Å². The van der Waals surface area contributed by atoms with Crippen LogP contribution in [0.25, 0.3) is 11.6 Å². The lowest BCUT2D eigenvalue weighted by Crippen LogP contribution is -2.48. The smallest absolute Gasteiger partial charge is 0.396 e. The monoisotopic (exact) mass is 553 g/mol. The minimum Gasteiger partial charge on any atom is -0.396 e. The molecular weight excluding hydrogens is 530 g/mol. The zero-order valence-corrected chi connectivity index (χ0v) is 21.5. The van der Waals surface area contributed by atoms with E-state index in [1.807, 2.05) is 0 Å². The average Bonchev–Trinajstić information content (AvgIpc) is 2.83. The van der Waals surface area contributed by atoms with E-state index < -0.39 is 44.4 Å². The van der Waals surface area contributed by atoms with Gasteiger partial charge in [-0.2, -0.15) is 13.2 Å². The van der Waals surface area contributed by atoms with Crippen LogP contribution < -0.4 is 4.31 Å². The Bertz CT molecular complexity index is 1450. The fraction of sp³-hybridized carbons (Fsp3) is 0.259. The van der Waals surface area contributed by atoms with Crippen LogP contribution in [0.4, 0.5) is 23.2 Å². The van der Waals surface area contributed by atoms with Crippen LogP contribution in [-0.4, -0.2) is 26.2 Å². The standard InChI is InChI=1S/C27H24ClF4NO3S/c1-16(26-23(28)7-4-8-24(26)29)11-18-9-10-19-13-20(15-34)17(2)33(25(19)12-18)37(35,36)22-6-3-5-21(14-22)27(30,31)32/h3-12,14,17,20,34H,13,15H2,1-2H3/b16-11+/t17-,20+/m1/s1. The molecule has 2 atom stereocenters. The Morgan fingerprint density at radius 2 is 1.84 bits per heavy atom. The summed E-state index contributed by atoms with van der Waals surface area (Å²) in [6, 6.07) is 12.2. The van der Waals surface area contributed by atoms with Crippen molar-refractivity contribution in [2.45, 2.75) is 37.4 Å². The van der Waals surface area contributed by atoms with E-state index in [0.29, 0.717) is 29.2 Å². The molecule has 4 nitrogen and oxygen atoms in total. The number of aliphatic hydroxyl groups excluding tert-OH is 1. The number of sulfonamides is 1. The molecular formula is C27H24ClF4NO3S. The van der Waals surface area contributed by atoms with Gasteiger partial charge in [-0.05, 0) is 73.4 Å².